The molecule has 1 amide bonds. The number of carbonyl (C=O) groups excluding carboxylic acids is 1. The lowest BCUT2D eigenvalue weighted by molar-refractivity contribution is -0.400. The van der Waals surface area contributed by atoms with E-state index in [2.05, 4.69) is 5.32 Å². The first-order chi connectivity index (χ1) is 18.3. The number of methoxy groups -OCH3 is 4. The highest BCUT2D eigenvalue weighted by Crippen LogP contribution is 2.31. The molecule has 0 aliphatic heterocycles. The van der Waals surface area contributed by atoms with Gasteiger partial charge in [-0.1, -0.05) is 24.3 Å². The molecule has 0 aromatic heterocycles. The van der Waals surface area contributed by atoms with Crippen molar-refractivity contribution in [3.8, 4) is 28.7 Å². The van der Waals surface area contributed by atoms with E-state index < -0.39 is 4.92 Å². The van der Waals surface area contributed by atoms with E-state index in [1.807, 2.05) is 18.2 Å². The highest BCUT2D eigenvalue weighted by Gasteiger charge is 2.10. The number of benzene rings is 3. The summed E-state index contributed by atoms with van der Waals surface area (Å²) in [4.78, 5) is 22.7. The minimum atomic E-state index is -0.538. The first-order valence-corrected chi connectivity index (χ1v) is 11.4. The fourth-order valence-corrected chi connectivity index (χ4v) is 3.45. The van der Waals surface area contributed by atoms with Crippen molar-refractivity contribution in [3.05, 3.63) is 87.6 Å². The van der Waals surface area contributed by atoms with E-state index in [1.54, 1.807) is 48.5 Å². The maximum Gasteiger partial charge on any atom is 0.262 e. The molecular formula is C28H28N2O8. The minimum Gasteiger partial charge on any atom is -0.497 e. The average molecular weight is 521 g/mol. The Hall–Kier alpha value is -4.99. The molecule has 198 valence electrons. The quantitative estimate of drug-likeness (QED) is 0.198. The van der Waals surface area contributed by atoms with Crippen LogP contribution in [-0.2, 0) is 4.79 Å². The van der Waals surface area contributed by atoms with Crippen molar-refractivity contribution in [2.45, 2.75) is 0 Å². The van der Waals surface area contributed by atoms with Gasteiger partial charge in [0, 0.05) is 41.6 Å². The van der Waals surface area contributed by atoms with Crippen molar-refractivity contribution >= 4 is 29.8 Å². The van der Waals surface area contributed by atoms with E-state index in [0.29, 0.717) is 45.6 Å². The van der Waals surface area contributed by atoms with Crippen molar-refractivity contribution in [2.24, 2.45) is 0 Å². The molecule has 10 heteroatoms. The molecule has 3 aromatic rings. The van der Waals surface area contributed by atoms with Crippen LogP contribution in [0.2, 0.25) is 0 Å². The summed E-state index contributed by atoms with van der Waals surface area (Å²) in [5, 5.41) is 13.6. The summed E-state index contributed by atoms with van der Waals surface area (Å²) in [6, 6.07) is 15.6. The summed E-state index contributed by atoms with van der Waals surface area (Å²) in [6.45, 7) is -0.190. The van der Waals surface area contributed by atoms with Crippen LogP contribution in [0, 0.1) is 10.1 Å². The van der Waals surface area contributed by atoms with Gasteiger partial charge in [0.2, 0.25) is 6.20 Å². The molecule has 0 spiro atoms. The van der Waals surface area contributed by atoms with E-state index in [0.717, 1.165) is 11.8 Å². The van der Waals surface area contributed by atoms with Crippen molar-refractivity contribution in [3.63, 3.8) is 0 Å². The molecule has 0 saturated carbocycles. The Kier molecular flexibility index (Phi) is 9.70. The molecule has 0 aliphatic rings. The van der Waals surface area contributed by atoms with E-state index >= 15 is 0 Å². The van der Waals surface area contributed by atoms with Gasteiger partial charge in [0.25, 0.3) is 5.91 Å². The Morgan fingerprint density at radius 1 is 0.816 bits per heavy atom. The SMILES string of the molecule is COc1cc(NC(=O)COc2ccc(/C=C/c3cc(OC)cc(OC)c3/C=C/[N+](=O)[O-])cc2)cc(OC)c1. The highest BCUT2D eigenvalue weighted by molar-refractivity contribution is 5.92. The molecule has 0 radical (unpaired) electrons. The molecule has 0 aliphatic carbocycles. The third kappa shape index (κ3) is 7.76. The van der Waals surface area contributed by atoms with Gasteiger partial charge in [-0.05, 0) is 29.3 Å². The van der Waals surface area contributed by atoms with E-state index in [9.17, 15) is 14.9 Å². The van der Waals surface area contributed by atoms with Crippen molar-refractivity contribution in [1.29, 1.82) is 0 Å². The van der Waals surface area contributed by atoms with Gasteiger partial charge >= 0.3 is 0 Å². The van der Waals surface area contributed by atoms with Crippen LogP contribution in [0.5, 0.6) is 28.7 Å². The topological polar surface area (TPSA) is 118 Å². The van der Waals surface area contributed by atoms with Gasteiger partial charge in [0.1, 0.15) is 28.7 Å². The van der Waals surface area contributed by atoms with Gasteiger partial charge in [0.05, 0.1) is 33.4 Å². The van der Waals surface area contributed by atoms with Crippen molar-refractivity contribution in [2.75, 3.05) is 40.4 Å². The predicted octanol–water partition coefficient (Wildman–Crippen LogP) is 5.16. The first kappa shape index (κ1) is 27.6. The lowest BCUT2D eigenvalue weighted by Crippen LogP contribution is -2.20. The van der Waals surface area contributed by atoms with Gasteiger partial charge in [-0.2, -0.15) is 0 Å². The molecule has 0 bridgehead atoms. The van der Waals surface area contributed by atoms with E-state index in [-0.39, 0.29) is 12.5 Å². The summed E-state index contributed by atoms with van der Waals surface area (Å²) in [6.07, 6.45) is 5.87. The third-order valence-electron chi connectivity index (χ3n) is 5.31. The van der Waals surface area contributed by atoms with Gasteiger partial charge in [0.15, 0.2) is 6.61 Å². The molecule has 0 heterocycles. The second-order valence-corrected chi connectivity index (χ2v) is 7.77. The molecule has 0 saturated heterocycles. The number of ether oxygens (including phenoxy) is 5. The maximum atomic E-state index is 12.3. The number of carbonyl (C=O) groups is 1. The smallest absolute Gasteiger partial charge is 0.262 e. The van der Waals surface area contributed by atoms with Gasteiger partial charge in [-0.15, -0.1) is 0 Å². The van der Waals surface area contributed by atoms with E-state index in [4.69, 9.17) is 23.7 Å². The van der Waals surface area contributed by atoms with Crippen LogP contribution in [0.25, 0.3) is 18.2 Å². The Morgan fingerprint density at radius 3 is 2.03 bits per heavy atom. The van der Waals surface area contributed by atoms with E-state index in [1.165, 1.54) is 34.5 Å². The summed E-state index contributed by atoms with van der Waals surface area (Å²) in [5.74, 6) is 2.27. The minimum absolute atomic E-state index is 0.190. The standard InChI is InChI=1S/C28H28N2O8/c1-34-23-13-20(26(11-12-30(32)33)27(17-23)37-4)8-5-19-6-9-22(10-7-19)38-18-28(31)29-21-14-24(35-2)16-25(15-21)36-3/h5-17H,18H2,1-4H3,(H,29,31)/b8-5+,12-11+. The zero-order chi connectivity index (χ0) is 27.5. The summed E-state index contributed by atoms with van der Waals surface area (Å²) in [5.41, 5.74) is 2.58. The lowest BCUT2D eigenvalue weighted by atomic mass is 10.0. The van der Waals surface area contributed by atoms with Gasteiger partial charge < -0.3 is 29.0 Å². The molecule has 3 aromatic carbocycles. The predicted molar refractivity (Wildman–Crippen MR) is 145 cm³/mol. The number of nitrogens with one attached hydrogen (secondary N) is 1. The number of rotatable bonds is 12. The van der Waals surface area contributed by atoms with Gasteiger partial charge in [-0.25, -0.2) is 0 Å². The highest BCUT2D eigenvalue weighted by atomic mass is 16.6. The largest absolute Gasteiger partial charge is 0.497 e. The third-order valence-corrected chi connectivity index (χ3v) is 5.31. The van der Waals surface area contributed by atoms with Gasteiger partial charge in [-0.3, -0.25) is 14.9 Å². The second kappa shape index (κ2) is 13.4. The van der Waals surface area contributed by atoms with Crippen LogP contribution >= 0.6 is 0 Å². The number of amides is 1. The molecule has 38 heavy (non-hydrogen) atoms. The monoisotopic (exact) mass is 520 g/mol. The number of nitro groups is 1. The molecule has 1 N–H and O–H groups in total. The van der Waals surface area contributed by atoms with Crippen LogP contribution in [0.15, 0.2) is 60.8 Å². The second-order valence-electron chi connectivity index (χ2n) is 7.77. The number of nitrogens with zero attached hydrogens (tertiary/aromatic N) is 1. The molecule has 0 atom stereocenters. The Balaban J connectivity index is 1.68. The lowest BCUT2D eigenvalue weighted by Gasteiger charge is -2.11. The van der Waals surface area contributed by atoms with Crippen LogP contribution in [-0.4, -0.2) is 45.9 Å². The fourth-order valence-electron chi connectivity index (χ4n) is 3.45. The van der Waals surface area contributed by atoms with Crippen LogP contribution in [0.3, 0.4) is 0 Å². The van der Waals surface area contributed by atoms with Crippen molar-refractivity contribution in [1.82, 2.24) is 0 Å². The number of hydrogen-bond acceptors (Lipinski definition) is 8. The summed E-state index contributed by atoms with van der Waals surface area (Å²) in [7, 11) is 6.07. The summed E-state index contributed by atoms with van der Waals surface area (Å²) >= 11 is 0. The molecule has 0 fully saturated rings. The zero-order valence-corrected chi connectivity index (χ0v) is 21.4. The Bertz CT molecular complexity index is 1310. The zero-order valence-electron chi connectivity index (χ0n) is 21.4. The van der Waals surface area contributed by atoms with Crippen LogP contribution in [0.1, 0.15) is 16.7 Å². The average Bonchev–Trinajstić information content (AvgIpc) is 2.93. The molecule has 3 rings (SSSR count). The van der Waals surface area contributed by atoms with Crippen LogP contribution < -0.4 is 29.0 Å². The fraction of sp³-hybridized carbons (Fsp3) is 0.179. The first-order valence-electron chi connectivity index (χ1n) is 11.4. The Labute approximate surface area is 220 Å². The van der Waals surface area contributed by atoms with Crippen molar-refractivity contribution < 1.29 is 33.4 Å². The number of anilines is 1. The molecule has 0 unspecified atom stereocenters. The normalized spacial score (nSPS) is 10.8. The van der Waals surface area contributed by atoms with Crippen LogP contribution in [0.4, 0.5) is 5.69 Å². The maximum absolute atomic E-state index is 12.3. The molecule has 10 nitrogen and oxygen atoms in total. The number of hydrogen-bond donors (Lipinski definition) is 1. The Morgan fingerprint density at radius 2 is 1.45 bits per heavy atom. The summed E-state index contributed by atoms with van der Waals surface area (Å²) < 4.78 is 26.7. The molecular weight excluding hydrogens is 492 g/mol.